The van der Waals surface area contributed by atoms with Crippen molar-refractivity contribution in [3.63, 3.8) is 0 Å². The van der Waals surface area contributed by atoms with E-state index in [-0.39, 0.29) is 17.5 Å². The van der Waals surface area contributed by atoms with E-state index in [9.17, 15) is 9.59 Å². The van der Waals surface area contributed by atoms with E-state index >= 15 is 0 Å². The lowest BCUT2D eigenvalue weighted by atomic mass is 9.89. The molecule has 6 nitrogen and oxygen atoms in total. The smallest absolute Gasteiger partial charge is 0.350 e. The molecule has 1 aliphatic carbocycles. The summed E-state index contributed by atoms with van der Waals surface area (Å²) < 4.78 is 3.14. The average molecular weight is 366 g/mol. The number of benzene rings is 1. The lowest BCUT2D eigenvalue weighted by molar-refractivity contribution is -0.125. The molecule has 0 radical (unpaired) electrons. The lowest BCUT2D eigenvalue weighted by Gasteiger charge is -2.20. The molecule has 0 spiro atoms. The number of aromatic nitrogens is 3. The normalized spacial score (nSPS) is 15.5. The zero-order chi connectivity index (χ0) is 19.0. The summed E-state index contributed by atoms with van der Waals surface area (Å²) in [4.78, 5) is 25.2. The van der Waals surface area contributed by atoms with Gasteiger partial charge in [0.25, 0.3) is 0 Å². The number of nitrogens with zero attached hydrogens (tertiary/aromatic N) is 3. The maximum absolute atomic E-state index is 12.9. The molecule has 0 saturated heterocycles. The summed E-state index contributed by atoms with van der Waals surface area (Å²) in [5, 5.41) is 8.53. The molecule has 0 aliphatic heterocycles. The molecule has 142 valence electrons. The van der Waals surface area contributed by atoms with Crippen LogP contribution in [0.1, 0.15) is 43.2 Å². The number of carbonyl (C=O) groups excluding carboxylic acids is 1. The summed E-state index contributed by atoms with van der Waals surface area (Å²) >= 11 is 0. The van der Waals surface area contributed by atoms with Crippen molar-refractivity contribution < 1.29 is 4.79 Å². The number of amides is 1. The van der Waals surface area contributed by atoms with Crippen LogP contribution in [0.4, 0.5) is 0 Å². The quantitative estimate of drug-likeness (QED) is 0.772. The van der Waals surface area contributed by atoms with Crippen molar-refractivity contribution in [2.24, 2.45) is 5.92 Å². The largest absolute Gasteiger partial charge is 0.354 e. The number of hydrogen-bond acceptors (Lipinski definition) is 3. The van der Waals surface area contributed by atoms with Crippen molar-refractivity contribution in [1.29, 1.82) is 0 Å². The Morgan fingerprint density at radius 3 is 2.74 bits per heavy atom. The predicted octanol–water partition coefficient (Wildman–Crippen LogP) is 2.96. The molecule has 0 bridgehead atoms. The Morgan fingerprint density at radius 1 is 1.19 bits per heavy atom. The van der Waals surface area contributed by atoms with Gasteiger partial charge in [0.1, 0.15) is 0 Å². The summed E-state index contributed by atoms with van der Waals surface area (Å²) in [7, 11) is 0. The topological polar surface area (TPSA) is 68.4 Å². The number of carbonyl (C=O) groups is 1. The van der Waals surface area contributed by atoms with Crippen LogP contribution in [0.25, 0.3) is 16.6 Å². The molecule has 3 aromatic rings. The Hall–Kier alpha value is -2.63. The molecular formula is C21H26N4O2. The van der Waals surface area contributed by atoms with Crippen LogP contribution >= 0.6 is 0 Å². The minimum Gasteiger partial charge on any atom is -0.354 e. The van der Waals surface area contributed by atoms with E-state index < -0.39 is 0 Å². The summed E-state index contributed by atoms with van der Waals surface area (Å²) in [5.41, 5.74) is 3.46. The van der Waals surface area contributed by atoms with Gasteiger partial charge in [0.05, 0.1) is 12.1 Å². The first-order valence-corrected chi connectivity index (χ1v) is 9.82. The summed E-state index contributed by atoms with van der Waals surface area (Å²) in [6.07, 6.45) is 5.45. The second-order valence-electron chi connectivity index (χ2n) is 7.68. The van der Waals surface area contributed by atoms with Crippen LogP contribution in [0.3, 0.4) is 0 Å². The number of fused-ring (bicyclic) bond motifs is 3. The van der Waals surface area contributed by atoms with Crippen LogP contribution in [0.2, 0.25) is 0 Å². The van der Waals surface area contributed by atoms with Gasteiger partial charge in [0.15, 0.2) is 5.65 Å². The first kappa shape index (κ1) is 17.8. The molecular weight excluding hydrogens is 340 g/mol. The molecule has 4 rings (SSSR count). The molecule has 2 heterocycles. The van der Waals surface area contributed by atoms with Crippen molar-refractivity contribution in [3.8, 4) is 0 Å². The monoisotopic (exact) mass is 366 g/mol. The Morgan fingerprint density at radius 2 is 1.96 bits per heavy atom. The third-order valence-electron chi connectivity index (χ3n) is 5.59. The van der Waals surface area contributed by atoms with Crippen molar-refractivity contribution in [2.45, 2.75) is 52.5 Å². The molecule has 2 aromatic heterocycles. The highest BCUT2D eigenvalue weighted by Gasteiger charge is 2.20. The van der Waals surface area contributed by atoms with Crippen LogP contribution in [-0.4, -0.2) is 26.6 Å². The number of aryl methyl sites for hydroxylation is 2. The highest BCUT2D eigenvalue weighted by atomic mass is 16.2. The van der Waals surface area contributed by atoms with E-state index in [1.165, 1.54) is 11.1 Å². The second kappa shape index (κ2) is 7.18. The third kappa shape index (κ3) is 3.36. The highest BCUT2D eigenvalue weighted by Crippen LogP contribution is 2.23. The first-order valence-electron chi connectivity index (χ1n) is 9.82. The van der Waals surface area contributed by atoms with Crippen LogP contribution in [-0.2, 0) is 11.3 Å². The molecule has 27 heavy (non-hydrogen) atoms. The van der Waals surface area contributed by atoms with E-state index in [4.69, 9.17) is 0 Å². The van der Waals surface area contributed by atoms with E-state index in [1.54, 1.807) is 4.40 Å². The van der Waals surface area contributed by atoms with Crippen LogP contribution < -0.4 is 11.0 Å². The van der Waals surface area contributed by atoms with Gasteiger partial charge in [-0.3, -0.25) is 4.79 Å². The fraction of sp³-hybridized carbons (Fsp3) is 0.476. The molecule has 1 saturated carbocycles. The zero-order valence-electron chi connectivity index (χ0n) is 16.0. The molecule has 1 aliphatic rings. The maximum atomic E-state index is 12.9. The van der Waals surface area contributed by atoms with Gasteiger partial charge in [-0.15, -0.1) is 5.10 Å². The minimum atomic E-state index is -0.156. The predicted molar refractivity (Wildman–Crippen MR) is 106 cm³/mol. The van der Waals surface area contributed by atoms with Gasteiger partial charge in [0, 0.05) is 12.5 Å². The number of pyridine rings is 1. The van der Waals surface area contributed by atoms with Crippen LogP contribution in [0, 0.1) is 19.8 Å². The van der Waals surface area contributed by atoms with Crippen molar-refractivity contribution in [3.05, 3.63) is 45.9 Å². The van der Waals surface area contributed by atoms with Crippen molar-refractivity contribution in [1.82, 2.24) is 19.5 Å². The lowest BCUT2D eigenvalue weighted by Crippen LogP contribution is -2.35. The fourth-order valence-electron chi connectivity index (χ4n) is 4.09. The van der Waals surface area contributed by atoms with E-state index in [0.717, 1.165) is 47.7 Å². The number of nitrogens with one attached hydrogen (secondary N) is 1. The molecule has 1 amide bonds. The SMILES string of the molecule is Cc1ccc2cc(C)c3nn(CCNC(=O)C4CCCCC4)c(=O)n3c2c1. The average Bonchev–Trinajstić information content (AvgIpc) is 3.01. The van der Waals surface area contributed by atoms with Gasteiger partial charge < -0.3 is 5.32 Å². The van der Waals surface area contributed by atoms with Crippen LogP contribution in [0.15, 0.2) is 29.1 Å². The summed E-state index contributed by atoms with van der Waals surface area (Å²) in [6, 6.07) is 8.15. The van der Waals surface area contributed by atoms with Gasteiger partial charge in [-0.25, -0.2) is 13.9 Å². The summed E-state index contributed by atoms with van der Waals surface area (Å²) in [6.45, 7) is 4.79. The van der Waals surface area contributed by atoms with E-state index in [2.05, 4.69) is 16.5 Å². The third-order valence-corrected chi connectivity index (χ3v) is 5.59. The summed E-state index contributed by atoms with van der Waals surface area (Å²) in [5.74, 6) is 0.245. The van der Waals surface area contributed by atoms with E-state index in [0.29, 0.717) is 18.7 Å². The van der Waals surface area contributed by atoms with E-state index in [1.807, 2.05) is 32.0 Å². The number of hydrogen-bond donors (Lipinski definition) is 1. The fourth-order valence-corrected chi connectivity index (χ4v) is 4.09. The molecule has 1 N–H and O–H groups in total. The van der Waals surface area contributed by atoms with Crippen molar-refractivity contribution in [2.75, 3.05) is 6.54 Å². The Balaban J connectivity index is 1.57. The van der Waals surface area contributed by atoms with Crippen molar-refractivity contribution >= 4 is 22.5 Å². The molecule has 1 aromatic carbocycles. The zero-order valence-corrected chi connectivity index (χ0v) is 16.0. The molecule has 6 heteroatoms. The van der Waals surface area contributed by atoms with Gasteiger partial charge in [0.2, 0.25) is 5.91 Å². The molecule has 1 fully saturated rings. The van der Waals surface area contributed by atoms with Gasteiger partial charge in [-0.2, -0.15) is 0 Å². The van der Waals surface area contributed by atoms with Gasteiger partial charge in [-0.1, -0.05) is 31.4 Å². The molecule has 0 unspecified atom stereocenters. The minimum absolute atomic E-state index is 0.115. The Labute approximate surface area is 158 Å². The van der Waals surface area contributed by atoms with Gasteiger partial charge in [-0.05, 0) is 55.3 Å². The Kier molecular flexibility index (Phi) is 4.72. The Bertz CT molecular complexity index is 1060. The molecule has 0 atom stereocenters. The van der Waals surface area contributed by atoms with Gasteiger partial charge >= 0.3 is 5.69 Å². The second-order valence-corrected chi connectivity index (χ2v) is 7.68. The standard InChI is InChI=1S/C21H26N4O2/c1-14-8-9-17-13-15(2)19-23-24(21(27)25(19)18(17)12-14)11-10-22-20(26)16-6-4-3-5-7-16/h8-9,12-13,16H,3-7,10-11H2,1-2H3,(H,22,26). The highest BCUT2D eigenvalue weighted by molar-refractivity contribution is 5.84. The maximum Gasteiger partial charge on any atom is 0.350 e. The van der Waals surface area contributed by atoms with Crippen LogP contribution in [0.5, 0.6) is 0 Å². The number of rotatable bonds is 4. The first-order chi connectivity index (χ1) is 13.0.